The summed E-state index contributed by atoms with van der Waals surface area (Å²) in [5, 5.41) is 16.0. The van der Waals surface area contributed by atoms with Gasteiger partial charge in [-0.25, -0.2) is 0 Å². The third-order valence-electron chi connectivity index (χ3n) is 6.58. The molecular formula is C25H28N2O. The number of rotatable bonds is 2. The van der Waals surface area contributed by atoms with Crippen molar-refractivity contribution in [3.8, 4) is 17.0 Å². The first kappa shape index (κ1) is 17.5. The van der Waals surface area contributed by atoms with Crippen molar-refractivity contribution < 1.29 is 5.11 Å². The molecule has 1 N–H and O–H groups in total. The first-order chi connectivity index (χ1) is 13.8. The van der Waals surface area contributed by atoms with E-state index in [9.17, 15) is 5.11 Å². The molecule has 28 heavy (non-hydrogen) atoms. The van der Waals surface area contributed by atoms with Crippen molar-refractivity contribution in [2.24, 2.45) is 0 Å². The van der Waals surface area contributed by atoms with Crippen molar-refractivity contribution >= 4 is 0 Å². The van der Waals surface area contributed by atoms with Gasteiger partial charge in [0.2, 0.25) is 0 Å². The van der Waals surface area contributed by atoms with E-state index in [1.54, 1.807) is 0 Å². The Hall–Kier alpha value is -2.55. The maximum absolute atomic E-state index is 11.3. The van der Waals surface area contributed by atoms with Gasteiger partial charge in [0, 0.05) is 11.8 Å². The number of aromatic nitrogens is 2. The number of phenolic OH excluding ortho intramolecular Hbond substituents is 1. The van der Waals surface area contributed by atoms with Crippen LogP contribution in [0.5, 0.6) is 5.75 Å². The van der Waals surface area contributed by atoms with E-state index < -0.39 is 0 Å². The number of hydrogen-bond acceptors (Lipinski definition) is 2. The lowest BCUT2D eigenvalue weighted by molar-refractivity contribution is 0.332. The number of hydrogen-bond donors (Lipinski definition) is 1. The van der Waals surface area contributed by atoms with Gasteiger partial charge in [-0.1, -0.05) is 55.7 Å². The number of aromatic hydroxyl groups is 1. The molecule has 0 unspecified atom stereocenters. The second kappa shape index (κ2) is 7.46. The molecule has 1 saturated carbocycles. The average molecular weight is 373 g/mol. The molecule has 3 nitrogen and oxygen atoms in total. The molecule has 0 amide bonds. The second-order valence-electron chi connectivity index (χ2n) is 8.38. The van der Waals surface area contributed by atoms with Gasteiger partial charge in [0.25, 0.3) is 0 Å². The molecule has 8 rings (SSSR count). The summed E-state index contributed by atoms with van der Waals surface area (Å²) in [5.74, 6) is 0.463. The minimum absolute atomic E-state index is 0.459. The lowest BCUT2D eigenvalue weighted by atomic mass is 9.90. The maximum atomic E-state index is 11.3. The number of benzene rings is 2. The molecule has 3 heteroatoms. The van der Waals surface area contributed by atoms with Crippen molar-refractivity contribution in [3.63, 3.8) is 0 Å². The molecule has 5 aliphatic carbocycles. The highest BCUT2D eigenvalue weighted by molar-refractivity contribution is 5.73. The highest BCUT2D eigenvalue weighted by atomic mass is 16.3. The third kappa shape index (κ3) is 3.23. The van der Waals surface area contributed by atoms with Gasteiger partial charge >= 0.3 is 0 Å². The SMILES string of the molecule is Oc1c2ccc(c1-c1ccnn1C1CCCCC1)CCc1ccc(cc1)CC2. The average Bonchev–Trinajstić information content (AvgIpc) is 3.20. The highest BCUT2D eigenvalue weighted by Crippen LogP contribution is 2.40. The lowest BCUT2D eigenvalue weighted by Gasteiger charge is -2.25. The van der Waals surface area contributed by atoms with Crippen LogP contribution in [0.1, 0.15) is 60.4 Å². The molecule has 1 aromatic heterocycles. The minimum Gasteiger partial charge on any atom is -0.507 e. The topological polar surface area (TPSA) is 38.1 Å². The van der Waals surface area contributed by atoms with Crippen molar-refractivity contribution in [1.82, 2.24) is 9.78 Å². The van der Waals surface area contributed by atoms with Crippen molar-refractivity contribution in [1.29, 1.82) is 0 Å². The minimum atomic E-state index is 0.459. The van der Waals surface area contributed by atoms with Crippen molar-refractivity contribution in [3.05, 3.63) is 70.9 Å². The molecule has 0 spiro atoms. The monoisotopic (exact) mass is 372 g/mol. The van der Waals surface area contributed by atoms with Crippen LogP contribution in [0.25, 0.3) is 11.3 Å². The smallest absolute Gasteiger partial charge is 0.128 e. The Morgan fingerprint density at radius 2 is 1.39 bits per heavy atom. The molecule has 0 atom stereocenters. The van der Waals surface area contributed by atoms with E-state index in [1.165, 1.54) is 48.8 Å². The van der Waals surface area contributed by atoms with E-state index in [-0.39, 0.29) is 0 Å². The van der Waals surface area contributed by atoms with Crippen LogP contribution >= 0.6 is 0 Å². The first-order valence-corrected chi connectivity index (χ1v) is 10.7. The zero-order valence-electron chi connectivity index (χ0n) is 16.4. The number of aryl methyl sites for hydroxylation is 4. The summed E-state index contributed by atoms with van der Waals surface area (Å²) in [7, 11) is 0. The van der Waals surface area contributed by atoms with Gasteiger partial charge in [-0.2, -0.15) is 5.10 Å². The van der Waals surface area contributed by atoms with Crippen molar-refractivity contribution in [2.75, 3.05) is 0 Å². The zero-order valence-corrected chi connectivity index (χ0v) is 16.4. The predicted molar refractivity (Wildman–Crippen MR) is 113 cm³/mol. The van der Waals surface area contributed by atoms with Crippen LogP contribution < -0.4 is 0 Å². The summed E-state index contributed by atoms with van der Waals surface area (Å²) < 4.78 is 2.20. The number of nitrogens with zero attached hydrogens (tertiary/aromatic N) is 2. The standard InChI is InChI=1S/C25H28N2O/c28-25-21-13-11-19-8-6-18(7-9-19)10-12-20(14-15-21)24(25)23-16-17-26-27(23)22-4-2-1-3-5-22/h6-9,14-17,22,28H,1-5,10-13H2. The van der Waals surface area contributed by atoms with Gasteiger partial charge in [-0.15, -0.1) is 0 Å². The molecule has 1 fully saturated rings. The largest absolute Gasteiger partial charge is 0.507 e. The molecule has 4 bridgehead atoms. The normalized spacial score (nSPS) is 17.4. The van der Waals surface area contributed by atoms with Gasteiger partial charge in [0.05, 0.1) is 11.7 Å². The van der Waals surface area contributed by atoms with Gasteiger partial charge in [0.15, 0.2) is 0 Å². The zero-order chi connectivity index (χ0) is 18.9. The van der Waals surface area contributed by atoms with E-state index in [4.69, 9.17) is 5.10 Å². The summed E-state index contributed by atoms with van der Waals surface area (Å²) in [4.78, 5) is 0. The van der Waals surface area contributed by atoms with Crippen LogP contribution in [0.2, 0.25) is 0 Å². The Bertz CT molecular complexity index is 965. The van der Waals surface area contributed by atoms with Crippen molar-refractivity contribution in [2.45, 2.75) is 63.8 Å². The Morgan fingerprint density at radius 1 is 0.750 bits per heavy atom. The van der Waals surface area contributed by atoms with Gasteiger partial charge in [0.1, 0.15) is 5.75 Å². The molecule has 3 aromatic rings. The van der Waals surface area contributed by atoms with E-state index in [0.29, 0.717) is 11.8 Å². The fourth-order valence-corrected chi connectivity index (χ4v) is 4.93. The molecular weight excluding hydrogens is 344 g/mol. The van der Waals surface area contributed by atoms with Crippen LogP contribution in [0.4, 0.5) is 0 Å². The Kier molecular flexibility index (Phi) is 4.67. The van der Waals surface area contributed by atoms with Crippen LogP contribution in [0.3, 0.4) is 0 Å². The van der Waals surface area contributed by atoms with Gasteiger partial charge < -0.3 is 5.11 Å². The molecule has 5 aliphatic rings. The summed E-state index contributed by atoms with van der Waals surface area (Å²) in [6.45, 7) is 0. The predicted octanol–water partition coefficient (Wildman–Crippen LogP) is 5.64. The molecule has 2 aromatic carbocycles. The fourth-order valence-electron chi connectivity index (χ4n) is 4.93. The molecule has 0 saturated heterocycles. The Morgan fingerprint density at radius 3 is 2.11 bits per heavy atom. The molecule has 0 aliphatic heterocycles. The van der Waals surface area contributed by atoms with E-state index in [0.717, 1.165) is 42.5 Å². The van der Waals surface area contributed by atoms with E-state index in [1.807, 2.05) is 6.20 Å². The Balaban J connectivity index is 1.60. The molecule has 1 heterocycles. The van der Waals surface area contributed by atoms with E-state index >= 15 is 0 Å². The molecule has 144 valence electrons. The van der Waals surface area contributed by atoms with Crippen LogP contribution in [-0.2, 0) is 25.7 Å². The van der Waals surface area contributed by atoms with Gasteiger partial charge in [-0.3, -0.25) is 4.68 Å². The first-order valence-electron chi connectivity index (χ1n) is 10.7. The number of phenols is 1. The van der Waals surface area contributed by atoms with Crippen LogP contribution in [-0.4, -0.2) is 14.9 Å². The summed E-state index contributed by atoms with van der Waals surface area (Å²) in [6.07, 6.45) is 11.9. The summed E-state index contributed by atoms with van der Waals surface area (Å²) >= 11 is 0. The molecule has 0 radical (unpaired) electrons. The van der Waals surface area contributed by atoms with E-state index in [2.05, 4.69) is 47.1 Å². The Labute approximate surface area is 167 Å². The van der Waals surface area contributed by atoms with Crippen LogP contribution in [0, 0.1) is 0 Å². The quantitative estimate of drug-likeness (QED) is 0.632. The lowest BCUT2D eigenvalue weighted by Crippen LogP contribution is -2.15. The fraction of sp³-hybridized carbons (Fsp3) is 0.400. The maximum Gasteiger partial charge on any atom is 0.128 e. The summed E-state index contributed by atoms with van der Waals surface area (Å²) in [6, 6.07) is 15.9. The van der Waals surface area contributed by atoms with Gasteiger partial charge in [-0.05, 0) is 66.8 Å². The summed E-state index contributed by atoms with van der Waals surface area (Å²) in [5.41, 5.74) is 7.06. The van der Waals surface area contributed by atoms with Crippen LogP contribution in [0.15, 0.2) is 48.7 Å². The highest BCUT2D eigenvalue weighted by Gasteiger charge is 2.23. The second-order valence-corrected chi connectivity index (χ2v) is 8.38. The third-order valence-corrected chi connectivity index (χ3v) is 6.58.